The Morgan fingerprint density at radius 2 is 2.00 bits per heavy atom. The summed E-state index contributed by atoms with van der Waals surface area (Å²) < 4.78 is 5.35. The van der Waals surface area contributed by atoms with E-state index in [0.29, 0.717) is 25.8 Å². The smallest absolute Gasteiger partial charge is 0.408 e. The van der Waals surface area contributed by atoms with Crippen LogP contribution in [0.5, 0.6) is 0 Å². The first-order valence-electron chi connectivity index (χ1n) is 8.45. The van der Waals surface area contributed by atoms with E-state index in [-0.39, 0.29) is 12.5 Å². The predicted molar refractivity (Wildman–Crippen MR) is 93.8 cm³/mol. The number of hydrogen-bond donors (Lipinski definition) is 1. The summed E-state index contributed by atoms with van der Waals surface area (Å²) >= 11 is 0. The van der Waals surface area contributed by atoms with Gasteiger partial charge in [-0.05, 0) is 39.2 Å². The number of carbonyl (C=O) groups excluding carboxylic acids is 3. The Bertz CT molecular complexity index is 624. The van der Waals surface area contributed by atoms with Crippen molar-refractivity contribution < 1.29 is 19.1 Å². The van der Waals surface area contributed by atoms with Crippen molar-refractivity contribution in [3.8, 4) is 0 Å². The Morgan fingerprint density at radius 1 is 1.32 bits per heavy atom. The number of ether oxygens (including phenoxy) is 1. The molecule has 1 aromatic rings. The number of rotatable bonds is 5. The minimum atomic E-state index is -1.11. The zero-order valence-electron chi connectivity index (χ0n) is 15.0. The normalized spacial score (nSPS) is 20.9. The van der Waals surface area contributed by atoms with Crippen LogP contribution in [-0.2, 0) is 20.7 Å². The Kier molecular flexibility index (Phi) is 5.82. The van der Waals surface area contributed by atoms with Crippen molar-refractivity contribution in [1.29, 1.82) is 0 Å². The molecule has 1 aromatic carbocycles. The lowest BCUT2D eigenvalue weighted by molar-refractivity contribution is -0.141. The molecule has 1 saturated heterocycles. The van der Waals surface area contributed by atoms with Crippen molar-refractivity contribution in [1.82, 2.24) is 10.2 Å². The molecule has 0 spiro atoms. The molecule has 1 fully saturated rings. The van der Waals surface area contributed by atoms with Crippen LogP contribution in [-0.4, -0.2) is 47.4 Å². The summed E-state index contributed by atoms with van der Waals surface area (Å²) in [5, 5.41) is 2.79. The third-order valence-electron chi connectivity index (χ3n) is 4.07. The fourth-order valence-electron chi connectivity index (χ4n) is 3.08. The number of benzene rings is 1. The quantitative estimate of drug-likeness (QED) is 0.888. The monoisotopic (exact) mass is 345 g/mol. The lowest BCUT2D eigenvalue weighted by Crippen LogP contribution is -2.64. The van der Waals surface area contributed by atoms with Gasteiger partial charge in [-0.2, -0.15) is 0 Å². The van der Waals surface area contributed by atoms with Gasteiger partial charge in [0, 0.05) is 13.0 Å². The Hall–Kier alpha value is -2.37. The number of likely N-dealkylation sites (tertiary alicyclic amines) is 1. The molecule has 1 N–H and O–H groups in total. The zero-order valence-corrected chi connectivity index (χ0v) is 15.0. The largest absolute Gasteiger partial charge is 0.444 e. The highest BCUT2D eigenvalue weighted by atomic mass is 16.6. The summed E-state index contributed by atoms with van der Waals surface area (Å²) in [5.41, 5.74) is -0.839. The van der Waals surface area contributed by atoms with E-state index in [1.54, 1.807) is 27.1 Å². The first-order valence-corrected chi connectivity index (χ1v) is 8.45. The van der Waals surface area contributed by atoms with E-state index < -0.39 is 17.2 Å². The lowest BCUT2D eigenvalue weighted by Gasteiger charge is -2.41. The minimum Gasteiger partial charge on any atom is -0.444 e. The highest BCUT2D eigenvalue weighted by Crippen LogP contribution is 2.27. The van der Waals surface area contributed by atoms with Crippen LogP contribution in [0.2, 0.25) is 0 Å². The number of carbonyl (C=O) groups is 2. The fourth-order valence-corrected chi connectivity index (χ4v) is 3.08. The summed E-state index contributed by atoms with van der Waals surface area (Å²) in [6, 6.07) is 9.50. The average Bonchev–Trinajstić information content (AvgIpc) is 2.51. The van der Waals surface area contributed by atoms with Gasteiger partial charge in [-0.1, -0.05) is 30.3 Å². The molecule has 0 aliphatic carbocycles. The second-order valence-electron chi connectivity index (χ2n) is 7.35. The van der Waals surface area contributed by atoms with Crippen LogP contribution < -0.4 is 5.32 Å². The summed E-state index contributed by atoms with van der Waals surface area (Å²) in [6.45, 7) is 5.71. The van der Waals surface area contributed by atoms with Crippen LogP contribution in [0.15, 0.2) is 30.3 Å². The molecule has 6 heteroatoms. The highest BCUT2D eigenvalue weighted by molar-refractivity contribution is 5.92. The molecule has 2 rings (SSSR count). The van der Waals surface area contributed by atoms with E-state index in [1.165, 1.54) is 4.90 Å². The van der Waals surface area contributed by atoms with Crippen molar-refractivity contribution >= 4 is 18.3 Å². The van der Waals surface area contributed by atoms with Crippen molar-refractivity contribution in [3.63, 3.8) is 0 Å². The lowest BCUT2D eigenvalue weighted by atomic mass is 9.82. The van der Waals surface area contributed by atoms with Crippen molar-refractivity contribution in [2.24, 2.45) is 0 Å². The molecule has 6 nitrogen and oxygen atoms in total. The maximum Gasteiger partial charge on any atom is 0.408 e. The number of nitrogens with one attached hydrogen (secondary N) is 1. The minimum absolute atomic E-state index is 0.0919. The summed E-state index contributed by atoms with van der Waals surface area (Å²) in [6.07, 6.45) is 2.68. The maximum atomic E-state index is 13.0. The summed E-state index contributed by atoms with van der Waals surface area (Å²) in [7, 11) is 0. The van der Waals surface area contributed by atoms with Gasteiger partial charge in [0.15, 0.2) is 0 Å². The van der Waals surface area contributed by atoms with E-state index in [9.17, 15) is 14.4 Å². The van der Waals surface area contributed by atoms with E-state index in [1.807, 2.05) is 30.3 Å². The van der Waals surface area contributed by atoms with Crippen LogP contribution in [0.4, 0.5) is 4.79 Å². The van der Waals surface area contributed by atoms with Gasteiger partial charge in [0.05, 0.1) is 6.54 Å². The van der Waals surface area contributed by atoms with E-state index in [0.717, 1.165) is 5.56 Å². The molecule has 1 radical (unpaired) electrons. The molecule has 1 unspecified atom stereocenters. The molecule has 25 heavy (non-hydrogen) atoms. The van der Waals surface area contributed by atoms with Crippen molar-refractivity contribution in [2.75, 3.05) is 13.1 Å². The molecule has 1 aliphatic rings. The number of piperidine rings is 1. The molecule has 1 heterocycles. The molecule has 1 atom stereocenters. The number of amides is 2. The van der Waals surface area contributed by atoms with Gasteiger partial charge in [0.1, 0.15) is 11.1 Å². The number of nitrogens with zero attached hydrogens (tertiary/aromatic N) is 1. The van der Waals surface area contributed by atoms with E-state index >= 15 is 0 Å². The summed E-state index contributed by atoms with van der Waals surface area (Å²) in [4.78, 5) is 37.6. The third-order valence-corrected chi connectivity index (χ3v) is 4.07. The van der Waals surface area contributed by atoms with Gasteiger partial charge >= 0.3 is 6.09 Å². The SMILES string of the molecule is CC(C)(C)OC(=O)NC1(Cc2ccccc2)CCCN(C[C]=O)C1=O. The fraction of sp³-hybridized carbons (Fsp3) is 0.526. The van der Waals surface area contributed by atoms with Gasteiger partial charge in [0.2, 0.25) is 12.2 Å². The van der Waals surface area contributed by atoms with Crippen LogP contribution in [0.25, 0.3) is 0 Å². The van der Waals surface area contributed by atoms with Crippen LogP contribution in [0, 0.1) is 0 Å². The Labute approximate surface area is 148 Å². The first kappa shape index (κ1) is 19.0. The van der Waals surface area contributed by atoms with E-state index in [2.05, 4.69) is 5.32 Å². The second kappa shape index (κ2) is 7.68. The molecule has 2 amide bonds. The predicted octanol–water partition coefficient (Wildman–Crippen LogP) is 2.22. The second-order valence-corrected chi connectivity index (χ2v) is 7.35. The summed E-state index contributed by atoms with van der Waals surface area (Å²) in [5.74, 6) is -0.267. The van der Waals surface area contributed by atoms with Gasteiger partial charge in [-0.25, -0.2) is 4.79 Å². The van der Waals surface area contributed by atoms with Gasteiger partial charge in [-0.15, -0.1) is 0 Å². The standard InChI is InChI=1S/C19H25N2O4/c1-18(2,3)25-17(24)20-19(14-15-8-5-4-6-9-15)10-7-11-21(12-13-22)16(19)23/h4-6,8-9H,7,10-12,14H2,1-3H3,(H,20,24). The number of hydrogen-bond acceptors (Lipinski definition) is 4. The molecule has 0 saturated carbocycles. The van der Waals surface area contributed by atoms with Crippen molar-refractivity contribution in [3.05, 3.63) is 35.9 Å². The van der Waals surface area contributed by atoms with Crippen LogP contribution in [0.3, 0.4) is 0 Å². The number of alkyl carbamates (subject to hydrolysis) is 1. The van der Waals surface area contributed by atoms with Gasteiger partial charge in [-0.3, -0.25) is 9.59 Å². The topological polar surface area (TPSA) is 75.7 Å². The molecule has 135 valence electrons. The molecular weight excluding hydrogens is 320 g/mol. The van der Waals surface area contributed by atoms with Crippen LogP contribution >= 0.6 is 0 Å². The Balaban J connectivity index is 2.28. The van der Waals surface area contributed by atoms with E-state index in [4.69, 9.17) is 4.74 Å². The molecule has 1 aliphatic heterocycles. The average molecular weight is 345 g/mol. The van der Waals surface area contributed by atoms with Gasteiger partial charge < -0.3 is 15.0 Å². The highest BCUT2D eigenvalue weighted by Gasteiger charge is 2.45. The molecule has 0 bridgehead atoms. The van der Waals surface area contributed by atoms with Crippen LogP contribution in [0.1, 0.15) is 39.2 Å². The molecule has 0 aromatic heterocycles. The first-order chi connectivity index (χ1) is 11.8. The Morgan fingerprint density at radius 3 is 2.60 bits per heavy atom. The third kappa shape index (κ3) is 5.05. The van der Waals surface area contributed by atoms with Crippen molar-refractivity contribution in [2.45, 2.75) is 51.2 Å². The molecular formula is C19H25N2O4. The van der Waals surface area contributed by atoms with Gasteiger partial charge in [0.25, 0.3) is 0 Å². The maximum absolute atomic E-state index is 13.0. The zero-order chi connectivity index (χ0) is 18.5.